The van der Waals surface area contributed by atoms with Crippen LogP contribution in [0.2, 0.25) is 0 Å². The van der Waals surface area contributed by atoms with Gasteiger partial charge in [-0.1, -0.05) is 12.1 Å². The maximum absolute atomic E-state index is 11.5. The molecule has 112 valence electrons. The molecular formula is C14H16N2O3S2. The minimum absolute atomic E-state index is 0.146. The van der Waals surface area contributed by atoms with Crippen molar-refractivity contribution in [2.75, 3.05) is 26.0 Å². The maximum Gasteiger partial charge on any atom is 0.175 e. The highest BCUT2D eigenvalue weighted by Gasteiger charge is 2.19. The predicted octanol–water partition coefficient (Wildman–Crippen LogP) is 1.87. The van der Waals surface area contributed by atoms with E-state index in [1.54, 1.807) is 35.6 Å². The van der Waals surface area contributed by atoms with Crippen LogP contribution in [0.1, 0.15) is 11.0 Å². The van der Waals surface area contributed by atoms with E-state index < -0.39 is 9.84 Å². The van der Waals surface area contributed by atoms with Crippen LogP contribution in [0.25, 0.3) is 11.3 Å². The first-order chi connectivity index (χ1) is 10.0. The average Bonchev–Trinajstić information content (AvgIpc) is 2.97. The third kappa shape index (κ3) is 3.32. The fourth-order valence-corrected chi connectivity index (χ4v) is 3.70. The average molecular weight is 324 g/mol. The third-order valence-corrected chi connectivity index (χ3v) is 5.41. The van der Waals surface area contributed by atoms with E-state index in [1.807, 2.05) is 5.38 Å². The zero-order valence-electron chi connectivity index (χ0n) is 11.6. The summed E-state index contributed by atoms with van der Waals surface area (Å²) in [5.74, 6) is 0. The summed E-state index contributed by atoms with van der Waals surface area (Å²) in [5.41, 5.74) is 1.78. The van der Waals surface area contributed by atoms with Crippen LogP contribution >= 0.6 is 11.3 Å². The fourth-order valence-electron chi connectivity index (χ4n) is 2.18. The Bertz CT molecular complexity index is 717. The first-order valence-corrected chi connectivity index (χ1v) is 9.38. The fraction of sp³-hybridized carbons (Fsp3) is 0.357. The molecule has 0 radical (unpaired) electrons. The highest BCUT2D eigenvalue weighted by Crippen LogP contribution is 2.27. The van der Waals surface area contributed by atoms with Crippen LogP contribution in [0, 0.1) is 0 Å². The van der Waals surface area contributed by atoms with Crippen LogP contribution in [0.5, 0.6) is 0 Å². The van der Waals surface area contributed by atoms with Crippen LogP contribution in [0.3, 0.4) is 0 Å². The largest absolute Gasteiger partial charge is 0.378 e. The van der Waals surface area contributed by atoms with E-state index in [4.69, 9.17) is 4.74 Å². The topological polar surface area (TPSA) is 68.3 Å². The Hall–Kier alpha value is -1.28. The number of rotatable bonds is 3. The van der Waals surface area contributed by atoms with Gasteiger partial charge in [-0.2, -0.15) is 0 Å². The van der Waals surface area contributed by atoms with E-state index in [0.717, 1.165) is 29.4 Å². The number of morpholine rings is 1. The van der Waals surface area contributed by atoms with Gasteiger partial charge in [0.15, 0.2) is 9.84 Å². The van der Waals surface area contributed by atoms with Gasteiger partial charge in [-0.15, -0.1) is 11.3 Å². The molecule has 1 N–H and O–H groups in total. The SMILES string of the molecule is CS(=O)(=O)c1ccc(-c2csc(C3COCCN3)n2)cc1. The lowest BCUT2D eigenvalue weighted by molar-refractivity contribution is 0.0768. The van der Waals surface area contributed by atoms with E-state index in [9.17, 15) is 8.42 Å². The number of hydrogen-bond donors (Lipinski definition) is 1. The Morgan fingerprint density at radius 2 is 2.10 bits per heavy atom. The first-order valence-electron chi connectivity index (χ1n) is 6.61. The molecule has 1 atom stereocenters. The molecular weight excluding hydrogens is 308 g/mol. The van der Waals surface area contributed by atoms with Gasteiger partial charge in [0.2, 0.25) is 0 Å². The normalized spacial score (nSPS) is 19.6. The van der Waals surface area contributed by atoms with Crippen molar-refractivity contribution >= 4 is 21.2 Å². The Morgan fingerprint density at radius 3 is 2.71 bits per heavy atom. The third-order valence-electron chi connectivity index (χ3n) is 3.32. The molecule has 3 rings (SSSR count). The van der Waals surface area contributed by atoms with E-state index >= 15 is 0 Å². The van der Waals surface area contributed by atoms with E-state index in [-0.39, 0.29) is 6.04 Å². The number of nitrogens with zero attached hydrogens (tertiary/aromatic N) is 1. The molecule has 1 aliphatic rings. The summed E-state index contributed by atoms with van der Waals surface area (Å²) in [6.45, 7) is 2.21. The number of thiazole rings is 1. The van der Waals surface area contributed by atoms with Crippen LogP contribution in [-0.4, -0.2) is 39.4 Å². The maximum atomic E-state index is 11.5. The molecule has 0 bridgehead atoms. The Balaban J connectivity index is 1.82. The Kier molecular flexibility index (Phi) is 4.08. The van der Waals surface area contributed by atoms with E-state index in [1.165, 1.54) is 6.26 Å². The van der Waals surface area contributed by atoms with Crippen LogP contribution < -0.4 is 5.32 Å². The molecule has 1 unspecified atom stereocenters. The zero-order chi connectivity index (χ0) is 14.9. The van der Waals surface area contributed by atoms with Crippen molar-refractivity contribution in [2.45, 2.75) is 10.9 Å². The van der Waals surface area contributed by atoms with Crippen molar-refractivity contribution in [3.8, 4) is 11.3 Å². The van der Waals surface area contributed by atoms with Gasteiger partial charge in [-0.25, -0.2) is 13.4 Å². The number of benzene rings is 1. The molecule has 1 aromatic heterocycles. The quantitative estimate of drug-likeness (QED) is 0.933. The van der Waals surface area contributed by atoms with Crippen LogP contribution in [0.4, 0.5) is 0 Å². The molecule has 21 heavy (non-hydrogen) atoms. The second kappa shape index (κ2) is 5.84. The summed E-state index contributed by atoms with van der Waals surface area (Å²) in [6, 6.07) is 6.96. The molecule has 1 fully saturated rings. The van der Waals surface area contributed by atoms with Crippen molar-refractivity contribution in [3.05, 3.63) is 34.7 Å². The summed E-state index contributed by atoms with van der Waals surface area (Å²) in [4.78, 5) is 4.95. The smallest absolute Gasteiger partial charge is 0.175 e. The summed E-state index contributed by atoms with van der Waals surface area (Å²) >= 11 is 1.59. The van der Waals surface area contributed by atoms with Crippen molar-refractivity contribution in [1.29, 1.82) is 0 Å². The summed E-state index contributed by atoms with van der Waals surface area (Å²) in [7, 11) is -3.16. The van der Waals surface area contributed by atoms with Crippen LogP contribution in [-0.2, 0) is 14.6 Å². The molecule has 5 nitrogen and oxygen atoms in total. The molecule has 1 aromatic carbocycles. The standard InChI is InChI=1S/C14H16N2O3S2/c1-21(17,18)11-4-2-10(3-5-11)13-9-20-14(16-13)12-8-19-7-6-15-12/h2-5,9,12,15H,6-8H2,1H3. The molecule has 0 saturated carbocycles. The first kappa shape index (κ1) is 14.6. The minimum Gasteiger partial charge on any atom is -0.378 e. The summed E-state index contributed by atoms with van der Waals surface area (Å²) < 4.78 is 28.4. The summed E-state index contributed by atoms with van der Waals surface area (Å²) in [6.07, 6.45) is 1.21. The molecule has 1 aliphatic heterocycles. The highest BCUT2D eigenvalue weighted by atomic mass is 32.2. The molecule has 7 heteroatoms. The van der Waals surface area contributed by atoms with Gasteiger partial charge in [0, 0.05) is 23.7 Å². The predicted molar refractivity (Wildman–Crippen MR) is 82.2 cm³/mol. The van der Waals surface area contributed by atoms with Gasteiger partial charge in [0.05, 0.1) is 29.8 Å². The van der Waals surface area contributed by atoms with E-state index in [0.29, 0.717) is 11.5 Å². The number of hydrogen-bond acceptors (Lipinski definition) is 6. The van der Waals surface area contributed by atoms with Gasteiger partial charge in [-0.3, -0.25) is 0 Å². The minimum atomic E-state index is -3.16. The Morgan fingerprint density at radius 1 is 1.33 bits per heavy atom. The lowest BCUT2D eigenvalue weighted by Crippen LogP contribution is -2.34. The van der Waals surface area contributed by atoms with Crippen molar-refractivity contribution < 1.29 is 13.2 Å². The molecule has 2 heterocycles. The number of sulfone groups is 1. The van der Waals surface area contributed by atoms with Crippen molar-refractivity contribution in [2.24, 2.45) is 0 Å². The van der Waals surface area contributed by atoms with Gasteiger partial charge >= 0.3 is 0 Å². The molecule has 2 aromatic rings. The lowest BCUT2D eigenvalue weighted by Gasteiger charge is -2.21. The highest BCUT2D eigenvalue weighted by molar-refractivity contribution is 7.90. The lowest BCUT2D eigenvalue weighted by atomic mass is 10.2. The molecule has 0 amide bonds. The molecule has 0 spiro atoms. The molecule has 1 saturated heterocycles. The van der Waals surface area contributed by atoms with Gasteiger partial charge in [-0.05, 0) is 12.1 Å². The van der Waals surface area contributed by atoms with E-state index in [2.05, 4.69) is 10.3 Å². The number of aromatic nitrogens is 1. The van der Waals surface area contributed by atoms with Crippen molar-refractivity contribution in [3.63, 3.8) is 0 Å². The zero-order valence-corrected chi connectivity index (χ0v) is 13.2. The number of ether oxygens (including phenoxy) is 1. The van der Waals surface area contributed by atoms with Gasteiger partial charge in [0.25, 0.3) is 0 Å². The van der Waals surface area contributed by atoms with Crippen molar-refractivity contribution in [1.82, 2.24) is 10.3 Å². The number of nitrogens with one attached hydrogen (secondary N) is 1. The Labute approximate surface area is 127 Å². The van der Waals surface area contributed by atoms with Gasteiger partial charge < -0.3 is 10.1 Å². The van der Waals surface area contributed by atoms with Gasteiger partial charge in [0.1, 0.15) is 5.01 Å². The monoisotopic (exact) mass is 324 g/mol. The van der Waals surface area contributed by atoms with Crippen LogP contribution in [0.15, 0.2) is 34.5 Å². The second-order valence-corrected chi connectivity index (χ2v) is 7.85. The summed E-state index contributed by atoms with van der Waals surface area (Å²) in [5, 5.41) is 6.36. The molecule has 0 aliphatic carbocycles. The second-order valence-electron chi connectivity index (χ2n) is 4.95.